The topological polar surface area (TPSA) is 71.8 Å². The summed E-state index contributed by atoms with van der Waals surface area (Å²) in [5, 5.41) is 14.3. The van der Waals surface area contributed by atoms with Gasteiger partial charge in [0, 0.05) is 6.54 Å². The summed E-state index contributed by atoms with van der Waals surface area (Å²) in [6, 6.07) is 10.0. The van der Waals surface area contributed by atoms with E-state index < -0.39 is 0 Å². The fraction of sp³-hybridized carbons (Fsp3) is 0.471. The Morgan fingerprint density at radius 3 is 3.00 bits per heavy atom. The smallest absolute Gasteiger partial charge is 0.273 e. The number of hydrogen-bond donors (Lipinski definition) is 2. The number of carbonyl (C=O) groups is 1. The maximum absolute atomic E-state index is 12.1. The zero-order valence-electron chi connectivity index (χ0n) is 13.2. The molecule has 2 N–H and O–H groups in total. The van der Waals surface area contributed by atoms with Crippen molar-refractivity contribution in [3.8, 4) is 0 Å². The highest BCUT2D eigenvalue weighted by Crippen LogP contribution is 2.13. The first-order chi connectivity index (χ1) is 11.3. The Kier molecular flexibility index (Phi) is 5.37. The lowest BCUT2D eigenvalue weighted by Crippen LogP contribution is -2.33. The Labute approximate surface area is 136 Å². The fourth-order valence-electron chi connectivity index (χ4n) is 2.90. The van der Waals surface area contributed by atoms with E-state index in [1.165, 1.54) is 12.8 Å². The van der Waals surface area contributed by atoms with Gasteiger partial charge in [0.05, 0.1) is 12.7 Å². The maximum atomic E-state index is 12.1. The van der Waals surface area contributed by atoms with Crippen LogP contribution in [0.1, 0.15) is 35.3 Å². The Balaban J connectivity index is 1.46. The van der Waals surface area contributed by atoms with Gasteiger partial charge in [-0.05, 0) is 43.8 Å². The first-order valence-electron chi connectivity index (χ1n) is 8.24. The van der Waals surface area contributed by atoms with Crippen LogP contribution < -0.4 is 10.6 Å². The van der Waals surface area contributed by atoms with Crippen LogP contribution >= 0.6 is 0 Å². The third-order valence-electron chi connectivity index (χ3n) is 4.20. The van der Waals surface area contributed by atoms with Crippen LogP contribution in [0.2, 0.25) is 0 Å². The van der Waals surface area contributed by atoms with Crippen molar-refractivity contribution in [1.82, 2.24) is 25.6 Å². The van der Waals surface area contributed by atoms with Crippen LogP contribution in [0.25, 0.3) is 0 Å². The van der Waals surface area contributed by atoms with Gasteiger partial charge in [-0.1, -0.05) is 35.5 Å². The summed E-state index contributed by atoms with van der Waals surface area (Å²) in [5.74, 6) is 0.519. The van der Waals surface area contributed by atoms with Crippen LogP contribution in [0.4, 0.5) is 0 Å². The minimum absolute atomic E-state index is 0.145. The number of piperidine rings is 1. The SMILES string of the molecule is O=C(NCCC1CCCNC1)c1cn(Cc2ccccc2)nn1. The molecule has 0 bridgehead atoms. The molecule has 1 fully saturated rings. The molecule has 0 radical (unpaired) electrons. The number of carbonyl (C=O) groups excluding carboxylic acids is 1. The molecule has 1 aromatic carbocycles. The van der Waals surface area contributed by atoms with Crippen LogP contribution in [0.5, 0.6) is 0 Å². The molecule has 1 unspecified atom stereocenters. The first-order valence-corrected chi connectivity index (χ1v) is 8.24. The minimum Gasteiger partial charge on any atom is -0.351 e. The normalized spacial score (nSPS) is 17.8. The Bertz CT molecular complexity index is 619. The molecule has 6 nitrogen and oxygen atoms in total. The molecule has 1 aliphatic rings. The standard InChI is InChI=1S/C17H23N5O/c23-17(19-10-8-14-7-4-9-18-11-14)16-13-22(21-20-16)12-15-5-2-1-3-6-15/h1-3,5-6,13-14,18H,4,7-12H2,(H,19,23). The summed E-state index contributed by atoms with van der Waals surface area (Å²) in [6.45, 7) is 3.49. The lowest BCUT2D eigenvalue weighted by atomic mass is 9.96. The molecule has 122 valence electrons. The molecule has 1 atom stereocenters. The van der Waals surface area contributed by atoms with Gasteiger partial charge in [0.1, 0.15) is 0 Å². The van der Waals surface area contributed by atoms with Crippen LogP contribution in [0.3, 0.4) is 0 Å². The van der Waals surface area contributed by atoms with Crippen molar-refractivity contribution in [2.24, 2.45) is 5.92 Å². The molecule has 1 aliphatic heterocycles. The summed E-state index contributed by atoms with van der Waals surface area (Å²) in [5.41, 5.74) is 1.51. The number of nitrogens with zero attached hydrogens (tertiary/aromatic N) is 3. The van der Waals surface area contributed by atoms with Crippen molar-refractivity contribution in [3.05, 3.63) is 47.8 Å². The van der Waals surface area contributed by atoms with E-state index >= 15 is 0 Å². The molecule has 0 aliphatic carbocycles. The molecule has 2 heterocycles. The zero-order chi connectivity index (χ0) is 15.9. The number of amides is 1. The molecule has 0 saturated carbocycles. The third-order valence-corrected chi connectivity index (χ3v) is 4.20. The summed E-state index contributed by atoms with van der Waals surface area (Å²) in [7, 11) is 0. The number of benzene rings is 1. The highest BCUT2D eigenvalue weighted by molar-refractivity contribution is 5.91. The van der Waals surface area contributed by atoms with Gasteiger partial charge < -0.3 is 10.6 Å². The van der Waals surface area contributed by atoms with Gasteiger partial charge in [0.25, 0.3) is 5.91 Å². The molecule has 3 rings (SSSR count). The van der Waals surface area contributed by atoms with Crippen LogP contribution in [-0.2, 0) is 6.54 Å². The minimum atomic E-state index is -0.145. The fourth-order valence-corrected chi connectivity index (χ4v) is 2.90. The summed E-state index contributed by atoms with van der Waals surface area (Å²) in [4.78, 5) is 12.1. The van der Waals surface area contributed by atoms with E-state index in [1.54, 1.807) is 10.9 Å². The zero-order valence-corrected chi connectivity index (χ0v) is 13.2. The van der Waals surface area contributed by atoms with Gasteiger partial charge in [0.2, 0.25) is 0 Å². The number of aromatic nitrogens is 3. The molecule has 23 heavy (non-hydrogen) atoms. The number of nitrogens with one attached hydrogen (secondary N) is 2. The second kappa shape index (κ2) is 7.87. The van der Waals surface area contributed by atoms with Crippen LogP contribution in [0, 0.1) is 5.92 Å². The van der Waals surface area contributed by atoms with Crippen LogP contribution in [0.15, 0.2) is 36.5 Å². The molecule has 6 heteroatoms. The molecule has 0 spiro atoms. The van der Waals surface area contributed by atoms with E-state index in [0.29, 0.717) is 24.7 Å². The number of hydrogen-bond acceptors (Lipinski definition) is 4. The van der Waals surface area contributed by atoms with E-state index in [4.69, 9.17) is 0 Å². The Hall–Kier alpha value is -2.21. The molecule has 1 amide bonds. The predicted octanol–water partition coefficient (Wildman–Crippen LogP) is 1.45. The predicted molar refractivity (Wildman–Crippen MR) is 88.1 cm³/mol. The van der Waals surface area contributed by atoms with E-state index in [2.05, 4.69) is 20.9 Å². The average molecular weight is 313 g/mol. The molecule has 2 aromatic rings. The van der Waals surface area contributed by atoms with E-state index in [-0.39, 0.29) is 5.91 Å². The number of rotatable bonds is 6. The van der Waals surface area contributed by atoms with Crippen molar-refractivity contribution in [2.45, 2.75) is 25.8 Å². The van der Waals surface area contributed by atoms with Gasteiger partial charge in [-0.15, -0.1) is 5.10 Å². The highest BCUT2D eigenvalue weighted by Gasteiger charge is 2.14. The summed E-state index contributed by atoms with van der Waals surface area (Å²) in [6.07, 6.45) is 5.18. The lowest BCUT2D eigenvalue weighted by Gasteiger charge is -2.22. The van der Waals surface area contributed by atoms with Crippen molar-refractivity contribution < 1.29 is 4.79 Å². The van der Waals surface area contributed by atoms with E-state index in [0.717, 1.165) is 25.1 Å². The largest absolute Gasteiger partial charge is 0.351 e. The van der Waals surface area contributed by atoms with Crippen molar-refractivity contribution in [1.29, 1.82) is 0 Å². The second-order valence-corrected chi connectivity index (χ2v) is 6.04. The van der Waals surface area contributed by atoms with E-state index in [1.807, 2.05) is 30.3 Å². The van der Waals surface area contributed by atoms with Crippen molar-refractivity contribution >= 4 is 5.91 Å². The third kappa shape index (κ3) is 4.63. The molecule has 1 aromatic heterocycles. The lowest BCUT2D eigenvalue weighted by molar-refractivity contribution is 0.0945. The summed E-state index contributed by atoms with van der Waals surface area (Å²) < 4.78 is 1.69. The Morgan fingerprint density at radius 1 is 1.35 bits per heavy atom. The van der Waals surface area contributed by atoms with Crippen molar-refractivity contribution in [2.75, 3.05) is 19.6 Å². The monoisotopic (exact) mass is 313 g/mol. The highest BCUT2D eigenvalue weighted by atomic mass is 16.2. The molecule has 1 saturated heterocycles. The second-order valence-electron chi connectivity index (χ2n) is 6.04. The van der Waals surface area contributed by atoms with Gasteiger partial charge in [-0.25, -0.2) is 4.68 Å². The van der Waals surface area contributed by atoms with E-state index in [9.17, 15) is 4.79 Å². The average Bonchev–Trinajstić information content (AvgIpc) is 3.05. The van der Waals surface area contributed by atoms with Gasteiger partial charge in [0.15, 0.2) is 5.69 Å². The Morgan fingerprint density at radius 2 is 2.22 bits per heavy atom. The summed E-state index contributed by atoms with van der Waals surface area (Å²) >= 11 is 0. The van der Waals surface area contributed by atoms with Crippen molar-refractivity contribution in [3.63, 3.8) is 0 Å². The molecular weight excluding hydrogens is 290 g/mol. The van der Waals surface area contributed by atoms with Gasteiger partial charge >= 0.3 is 0 Å². The van der Waals surface area contributed by atoms with Crippen LogP contribution in [-0.4, -0.2) is 40.5 Å². The first kappa shape index (κ1) is 15.7. The maximum Gasteiger partial charge on any atom is 0.273 e. The quantitative estimate of drug-likeness (QED) is 0.846. The molecular formula is C17H23N5O. The van der Waals surface area contributed by atoms with Gasteiger partial charge in [-0.2, -0.15) is 0 Å². The van der Waals surface area contributed by atoms with Gasteiger partial charge in [-0.3, -0.25) is 4.79 Å².